The van der Waals surface area contributed by atoms with E-state index < -0.39 is 6.10 Å². The smallest absolute Gasteiger partial charge is 0.414 e. The van der Waals surface area contributed by atoms with E-state index in [4.69, 9.17) is 9.84 Å². The molecular weight excluding hydrogens is 254 g/mol. The summed E-state index contributed by atoms with van der Waals surface area (Å²) >= 11 is 0. The van der Waals surface area contributed by atoms with E-state index in [-0.39, 0.29) is 12.7 Å². The van der Waals surface area contributed by atoms with Gasteiger partial charge in [-0.15, -0.1) is 0 Å². The Hall–Kier alpha value is -1.55. The molecule has 1 saturated carbocycles. The van der Waals surface area contributed by atoms with E-state index in [2.05, 4.69) is 12.1 Å². The van der Waals surface area contributed by atoms with Gasteiger partial charge in [0.2, 0.25) is 0 Å². The lowest BCUT2D eigenvalue weighted by atomic mass is 9.84. The van der Waals surface area contributed by atoms with Gasteiger partial charge in [0.05, 0.1) is 13.2 Å². The fraction of sp³-hybridized carbons (Fsp3) is 0.562. The normalized spacial score (nSPS) is 23.9. The Morgan fingerprint density at radius 2 is 1.85 bits per heavy atom. The lowest BCUT2D eigenvalue weighted by molar-refractivity contribution is 0.0963. The monoisotopic (exact) mass is 275 g/mol. The van der Waals surface area contributed by atoms with Crippen molar-refractivity contribution in [3.8, 4) is 0 Å². The van der Waals surface area contributed by atoms with Crippen LogP contribution in [0.5, 0.6) is 0 Å². The van der Waals surface area contributed by atoms with E-state index in [0.29, 0.717) is 12.5 Å². The molecule has 1 aliphatic carbocycles. The molecule has 1 atom stereocenters. The van der Waals surface area contributed by atoms with Gasteiger partial charge in [0.1, 0.15) is 6.10 Å². The highest BCUT2D eigenvalue weighted by Crippen LogP contribution is 2.33. The molecule has 1 N–H and O–H groups in total. The molecule has 1 aromatic rings. The van der Waals surface area contributed by atoms with Crippen LogP contribution in [0.25, 0.3) is 0 Å². The highest BCUT2D eigenvalue weighted by Gasteiger charge is 2.31. The van der Waals surface area contributed by atoms with Gasteiger partial charge in [0.25, 0.3) is 0 Å². The maximum Gasteiger partial charge on any atom is 0.414 e. The van der Waals surface area contributed by atoms with E-state index >= 15 is 0 Å². The molecular formula is C16H21NO3. The van der Waals surface area contributed by atoms with Crippen molar-refractivity contribution in [3.63, 3.8) is 0 Å². The zero-order chi connectivity index (χ0) is 13.9. The second-order valence-electron chi connectivity index (χ2n) is 5.73. The number of benzene rings is 1. The molecule has 0 bridgehead atoms. The van der Waals surface area contributed by atoms with Gasteiger partial charge in [-0.05, 0) is 36.5 Å². The van der Waals surface area contributed by atoms with E-state index in [1.165, 1.54) is 37.7 Å². The van der Waals surface area contributed by atoms with Crippen LogP contribution in [0, 0.1) is 0 Å². The molecule has 0 radical (unpaired) electrons. The molecule has 2 aliphatic rings. The number of carbonyl (C=O) groups excluding carboxylic acids is 1. The molecule has 4 heteroatoms. The SMILES string of the molecule is O=C1O[C@H](CO)CN1c1ccc(C2CCCCC2)cc1. The van der Waals surface area contributed by atoms with Crippen molar-refractivity contribution in [1.82, 2.24) is 0 Å². The van der Waals surface area contributed by atoms with Crippen LogP contribution in [-0.4, -0.2) is 30.5 Å². The van der Waals surface area contributed by atoms with Crippen LogP contribution in [0.15, 0.2) is 24.3 Å². The van der Waals surface area contributed by atoms with Gasteiger partial charge in [-0.25, -0.2) is 4.79 Å². The average Bonchev–Trinajstić information content (AvgIpc) is 2.89. The van der Waals surface area contributed by atoms with Gasteiger partial charge in [-0.2, -0.15) is 0 Å². The Labute approximate surface area is 119 Å². The number of aliphatic hydroxyl groups is 1. The van der Waals surface area contributed by atoms with E-state index in [9.17, 15) is 4.79 Å². The van der Waals surface area contributed by atoms with Gasteiger partial charge >= 0.3 is 6.09 Å². The summed E-state index contributed by atoms with van der Waals surface area (Å²) in [5.41, 5.74) is 2.23. The van der Waals surface area contributed by atoms with Crippen LogP contribution in [0.4, 0.5) is 10.5 Å². The molecule has 1 amide bonds. The Morgan fingerprint density at radius 3 is 2.45 bits per heavy atom. The summed E-state index contributed by atoms with van der Waals surface area (Å²) in [6.45, 7) is 0.306. The first-order valence-electron chi connectivity index (χ1n) is 7.47. The molecule has 0 aromatic heterocycles. The number of ether oxygens (including phenoxy) is 1. The predicted octanol–water partition coefficient (Wildman–Crippen LogP) is 3.05. The van der Waals surface area contributed by atoms with Crippen LogP contribution in [0.3, 0.4) is 0 Å². The summed E-state index contributed by atoms with van der Waals surface area (Å²) in [6.07, 6.45) is 5.79. The molecule has 1 aromatic carbocycles. The zero-order valence-corrected chi connectivity index (χ0v) is 11.6. The van der Waals surface area contributed by atoms with E-state index in [0.717, 1.165) is 5.69 Å². The molecule has 1 saturated heterocycles. The third kappa shape index (κ3) is 2.66. The van der Waals surface area contributed by atoms with Gasteiger partial charge in [-0.1, -0.05) is 31.4 Å². The standard InChI is InChI=1S/C16H21NO3/c18-11-15-10-17(16(19)20-15)14-8-6-13(7-9-14)12-4-2-1-3-5-12/h6-9,12,15,18H,1-5,10-11H2/t15-/m0/s1. The number of cyclic esters (lactones) is 1. The summed E-state index contributed by atoms with van der Waals surface area (Å²) in [7, 11) is 0. The van der Waals surface area contributed by atoms with Crippen LogP contribution < -0.4 is 4.90 Å². The fourth-order valence-corrected chi connectivity index (χ4v) is 3.19. The molecule has 0 spiro atoms. The maximum absolute atomic E-state index is 11.7. The van der Waals surface area contributed by atoms with Crippen LogP contribution in [0.1, 0.15) is 43.6 Å². The number of hydrogen-bond acceptors (Lipinski definition) is 3. The number of amides is 1. The number of rotatable bonds is 3. The minimum atomic E-state index is -0.402. The third-order valence-electron chi connectivity index (χ3n) is 4.36. The van der Waals surface area contributed by atoms with Crippen molar-refractivity contribution >= 4 is 11.8 Å². The van der Waals surface area contributed by atoms with Gasteiger partial charge < -0.3 is 9.84 Å². The Bertz CT molecular complexity index is 465. The summed E-state index contributed by atoms with van der Waals surface area (Å²) in [6, 6.07) is 8.24. The van der Waals surface area contributed by atoms with Crippen molar-refractivity contribution in [2.75, 3.05) is 18.1 Å². The number of aliphatic hydroxyl groups excluding tert-OH is 1. The highest BCUT2D eigenvalue weighted by atomic mass is 16.6. The second-order valence-corrected chi connectivity index (χ2v) is 5.73. The second kappa shape index (κ2) is 5.83. The van der Waals surface area contributed by atoms with Crippen LogP contribution >= 0.6 is 0 Å². The average molecular weight is 275 g/mol. The number of anilines is 1. The van der Waals surface area contributed by atoms with Gasteiger partial charge in [-0.3, -0.25) is 4.90 Å². The molecule has 1 heterocycles. The molecule has 4 nitrogen and oxygen atoms in total. The molecule has 20 heavy (non-hydrogen) atoms. The Morgan fingerprint density at radius 1 is 1.15 bits per heavy atom. The highest BCUT2D eigenvalue weighted by molar-refractivity contribution is 5.89. The first-order chi connectivity index (χ1) is 9.78. The molecule has 3 rings (SSSR count). The first kappa shape index (κ1) is 13.4. The van der Waals surface area contributed by atoms with Crippen molar-refractivity contribution in [3.05, 3.63) is 29.8 Å². The van der Waals surface area contributed by atoms with Crippen molar-refractivity contribution in [1.29, 1.82) is 0 Å². The van der Waals surface area contributed by atoms with Crippen molar-refractivity contribution in [2.45, 2.75) is 44.1 Å². The van der Waals surface area contributed by atoms with Crippen LogP contribution in [0.2, 0.25) is 0 Å². The number of carbonyl (C=O) groups is 1. The van der Waals surface area contributed by atoms with Gasteiger partial charge in [0.15, 0.2) is 0 Å². The van der Waals surface area contributed by atoms with Crippen LogP contribution in [-0.2, 0) is 4.74 Å². The Balaban J connectivity index is 1.71. The van der Waals surface area contributed by atoms with Gasteiger partial charge in [0, 0.05) is 5.69 Å². The Kier molecular flexibility index (Phi) is 3.92. The maximum atomic E-state index is 11.7. The van der Waals surface area contributed by atoms with Crippen molar-refractivity contribution in [2.24, 2.45) is 0 Å². The molecule has 108 valence electrons. The first-order valence-corrected chi connectivity index (χ1v) is 7.47. The molecule has 2 fully saturated rings. The largest absolute Gasteiger partial charge is 0.441 e. The van der Waals surface area contributed by atoms with Crippen molar-refractivity contribution < 1.29 is 14.6 Å². The third-order valence-corrected chi connectivity index (χ3v) is 4.36. The summed E-state index contributed by atoms with van der Waals surface area (Å²) in [5.74, 6) is 0.675. The number of hydrogen-bond donors (Lipinski definition) is 1. The summed E-state index contributed by atoms with van der Waals surface area (Å²) < 4.78 is 5.06. The minimum absolute atomic E-state index is 0.123. The summed E-state index contributed by atoms with van der Waals surface area (Å²) in [5, 5.41) is 9.06. The molecule has 0 unspecified atom stereocenters. The topological polar surface area (TPSA) is 49.8 Å². The fourth-order valence-electron chi connectivity index (χ4n) is 3.19. The summed E-state index contributed by atoms with van der Waals surface area (Å²) in [4.78, 5) is 13.3. The molecule has 1 aliphatic heterocycles. The lowest BCUT2D eigenvalue weighted by Gasteiger charge is -2.22. The van der Waals surface area contributed by atoms with E-state index in [1.54, 1.807) is 4.90 Å². The zero-order valence-electron chi connectivity index (χ0n) is 11.6. The quantitative estimate of drug-likeness (QED) is 0.922. The minimum Gasteiger partial charge on any atom is -0.441 e. The predicted molar refractivity (Wildman–Crippen MR) is 77.0 cm³/mol. The lowest BCUT2D eigenvalue weighted by Crippen LogP contribution is -2.25. The van der Waals surface area contributed by atoms with E-state index in [1.807, 2.05) is 12.1 Å². The number of nitrogens with zero attached hydrogens (tertiary/aromatic N) is 1.